The molecule has 1 aliphatic heterocycles. The number of Topliss-reactive ketones (excluding diaryl/α,β-unsaturated/α-hetero) is 1. The molecule has 1 aromatic carbocycles. The highest BCUT2D eigenvalue weighted by Crippen LogP contribution is 2.19. The summed E-state index contributed by atoms with van der Waals surface area (Å²) in [5.74, 6) is 0.275. The maximum Gasteiger partial charge on any atom is 0.253 e. The van der Waals surface area contributed by atoms with E-state index in [1.807, 2.05) is 42.1 Å². The molecule has 98 valence electrons. The molecule has 1 amide bonds. The molecule has 4 nitrogen and oxygen atoms in total. The van der Waals surface area contributed by atoms with E-state index >= 15 is 0 Å². The zero-order chi connectivity index (χ0) is 13.4. The van der Waals surface area contributed by atoms with Crippen LogP contribution in [0.3, 0.4) is 0 Å². The molecule has 0 unspecified atom stereocenters. The van der Waals surface area contributed by atoms with Crippen molar-refractivity contribution in [2.45, 2.75) is 12.8 Å². The van der Waals surface area contributed by atoms with Gasteiger partial charge in [0.15, 0.2) is 0 Å². The third-order valence-corrected chi connectivity index (χ3v) is 3.74. The second-order valence-corrected chi connectivity index (χ2v) is 5.03. The molecule has 1 aliphatic rings. The van der Waals surface area contributed by atoms with Gasteiger partial charge >= 0.3 is 0 Å². The van der Waals surface area contributed by atoms with Gasteiger partial charge in [-0.25, -0.2) is 0 Å². The van der Waals surface area contributed by atoms with Gasteiger partial charge in [0.1, 0.15) is 5.78 Å². The summed E-state index contributed by atoms with van der Waals surface area (Å²) < 4.78 is 2.01. The number of hydrogen-bond donors (Lipinski definition) is 0. The number of carbonyl (C=O) groups excluding carboxylic acids is 2. The first-order chi connectivity index (χ1) is 9.15. The van der Waals surface area contributed by atoms with Gasteiger partial charge in [-0.2, -0.15) is 0 Å². The van der Waals surface area contributed by atoms with Crippen LogP contribution in [0.15, 0.2) is 30.5 Å². The van der Waals surface area contributed by atoms with Crippen LogP contribution in [0.4, 0.5) is 0 Å². The van der Waals surface area contributed by atoms with Crippen LogP contribution >= 0.6 is 0 Å². The van der Waals surface area contributed by atoms with Gasteiger partial charge in [0.05, 0.1) is 0 Å². The van der Waals surface area contributed by atoms with Crippen LogP contribution < -0.4 is 0 Å². The number of nitrogens with zero attached hydrogens (tertiary/aromatic N) is 2. The van der Waals surface area contributed by atoms with Gasteiger partial charge < -0.3 is 9.47 Å². The smallest absolute Gasteiger partial charge is 0.253 e. The van der Waals surface area contributed by atoms with Crippen molar-refractivity contribution >= 4 is 22.6 Å². The van der Waals surface area contributed by atoms with Crippen molar-refractivity contribution in [3.05, 3.63) is 36.0 Å². The van der Waals surface area contributed by atoms with Gasteiger partial charge in [0, 0.05) is 50.3 Å². The molecule has 1 saturated heterocycles. The van der Waals surface area contributed by atoms with E-state index in [1.165, 1.54) is 0 Å². The number of likely N-dealkylation sites (tertiary alicyclic amines) is 1. The number of carbonyl (C=O) groups is 2. The van der Waals surface area contributed by atoms with Crippen molar-refractivity contribution in [1.29, 1.82) is 0 Å². The molecule has 3 rings (SSSR count). The quantitative estimate of drug-likeness (QED) is 0.783. The third kappa shape index (κ3) is 2.14. The lowest BCUT2D eigenvalue weighted by Crippen LogP contribution is -2.38. The first kappa shape index (κ1) is 12.0. The fourth-order valence-electron chi connectivity index (χ4n) is 2.54. The van der Waals surface area contributed by atoms with Gasteiger partial charge in [0.2, 0.25) is 0 Å². The summed E-state index contributed by atoms with van der Waals surface area (Å²) in [4.78, 5) is 25.4. The van der Waals surface area contributed by atoms with Gasteiger partial charge in [-0.15, -0.1) is 0 Å². The van der Waals surface area contributed by atoms with Crippen LogP contribution in [-0.4, -0.2) is 34.2 Å². The van der Waals surface area contributed by atoms with E-state index in [9.17, 15) is 9.59 Å². The average molecular weight is 256 g/mol. The number of amides is 1. The Morgan fingerprint density at radius 2 is 1.89 bits per heavy atom. The molecule has 19 heavy (non-hydrogen) atoms. The molecular formula is C15H16N2O2. The minimum absolute atomic E-state index is 0.0237. The maximum absolute atomic E-state index is 12.4. The number of fused-ring (bicyclic) bond motifs is 1. The lowest BCUT2D eigenvalue weighted by molar-refractivity contribution is -0.120. The number of aryl methyl sites for hydroxylation is 1. The second-order valence-electron chi connectivity index (χ2n) is 5.03. The van der Waals surface area contributed by atoms with Gasteiger partial charge in [-0.3, -0.25) is 9.59 Å². The number of hydrogen-bond acceptors (Lipinski definition) is 2. The normalized spacial score (nSPS) is 16.1. The number of aromatic nitrogens is 1. The molecule has 0 radical (unpaired) electrons. The maximum atomic E-state index is 12.4. The topological polar surface area (TPSA) is 42.3 Å². The molecule has 0 spiro atoms. The van der Waals surface area contributed by atoms with Crippen LogP contribution in [0, 0.1) is 0 Å². The minimum atomic E-state index is 0.0237. The molecule has 0 N–H and O–H groups in total. The lowest BCUT2D eigenvalue weighted by Gasteiger charge is -2.26. The summed E-state index contributed by atoms with van der Waals surface area (Å²) in [6.07, 6.45) is 2.95. The Morgan fingerprint density at radius 3 is 2.63 bits per heavy atom. The standard InChI is InChI=1S/C15H16N2O2/c1-16-7-4-11-2-3-12(10-14(11)16)15(19)17-8-5-13(18)6-9-17/h2-4,7,10H,5-6,8-9H2,1H3. The highest BCUT2D eigenvalue weighted by molar-refractivity contribution is 5.98. The largest absolute Gasteiger partial charge is 0.351 e. The number of rotatable bonds is 1. The molecule has 1 aromatic heterocycles. The Kier molecular flexibility index (Phi) is 2.85. The Morgan fingerprint density at radius 1 is 1.16 bits per heavy atom. The second kappa shape index (κ2) is 4.53. The van der Waals surface area contributed by atoms with E-state index in [1.54, 1.807) is 4.90 Å². The predicted molar refractivity (Wildman–Crippen MR) is 73.1 cm³/mol. The van der Waals surface area contributed by atoms with Crippen molar-refractivity contribution in [2.24, 2.45) is 7.05 Å². The van der Waals surface area contributed by atoms with Crippen molar-refractivity contribution < 1.29 is 9.59 Å². The van der Waals surface area contributed by atoms with Crippen LogP contribution in [0.2, 0.25) is 0 Å². The summed E-state index contributed by atoms with van der Waals surface area (Å²) in [5.41, 5.74) is 1.75. The number of ketones is 1. The van der Waals surface area contributed by atoms with E-state index in [0.29, 0.717) is 31.5 Å². The zero-order valence-electron chi connectivity index (χ0n) is 10.9. The molecular weight excluding hydrogens is 240 g/mol. The van der Waals surface area contributed by atoms with Crippen molar-refractivity contribution in [2.75, 3.05) is 13.1 Å². The van der Waals surface area contributed by atoms with Crippen molar-refractivity contribution in [1.82, 2.24) is 9.47 Å². The van der Waals surface area contributed by atoms with Crippen LogP contribution in [0.1, 0.15) is 23.2 Å². The van der Waals surface area contributed by atoms with Crippen LogP contribution in [0.5, 0.6) is 0 Å². The molecule has 0 bridgehead atoms. The Balaban J connectivity index is 1.88. The minimum Gasteiger partial charge on any atom is -0.351 e. The third-order valence-electron chi connectivity index (χ3n) is 3.74. The Labute approximate surface area is 111 Å². The summed E-state index contributed by atoms with van der Waals surface area (Å²) in [6.45, 7) is 1.09. The van der Waals surface area contributed by atoms with E-state index in [2.05, 4.69) is 0 Å². The van der Waals surface area contributed by atoms with Gasteiger partial charge in [-0.05, 0) is 23.6 Å². The monoisotopic (exact) mass is 256 g/mol. The van der Waals surface area contributed by atoms with Crippen LogP contribution in [0.25, 0.3) is 10.9 Å². The SMILES string of the molecule is Cn1ccc2ccc(C(=O)N3CCC(=O)CC3)cc21. The fraction of sp³-hybridized carbons (Fsp3) is 0.333. The number of piperidine rings is 1. The fourth-order valence-corrected chi connectivity index (χ4v) is 2.54. The summed E-state index contributed by atoms with van der Waals surface area (Å²) in [6, 6.07) is 7.79. The molecule has 1 fully saturated rings. The first-order valence-corrected chi connectivity index (χ1v) is 6.51. The highest BCUT2D eigenvalue weighted by atomic mass is 16.2. The number of benzene rings is 1. The van der Waals surface area contributed by atoms with E-state index in [-0.39, 0.29) is 11.7 Å². The summed E-state index contributed by atoms with van der Waals surface area (Å²) >= 11 is 0. The average Bonchev–Trinajstić information content (AvgIpc) is 2.80. The van der Waals surface area contributed by atoms with E-state index in [0.717, 1.165) is 10.9 Å². The Bertz CT molecular complexity index is 647. The van der Waals surface area contributed by atoms with Gasteiger partial charge in [0.25, 0.3) is 5.91 Å². The lowest BCUT2D eigenvalue weighted by atomic mass is 10.1. The predicted octanol–water partition coefficient (Wildman–Crippen LogP) is 1.98. The molecule has 0 saturated carbocycles. The van der Waals surface area contributed by atoms with Crippen molar-refractivity contribution in [3.63, 3.8) is 0 Å². The Hall–Kier alpha value is -2.10. The van der Waals surface area contributed by atoms with Crippen LogP contribution in [-0.2, 0) is 11.8 Å². The molecule has 0 atom stereocenters. The molecule has 2 heterocycles. The van der Waals surface area contributed by atoms with Crippen molar-refractivity contribution in [3.8, 4) is 0 Å². The first-order valence-electron chi connectivity index (χ1n) is 6.51. The van der Waals surface area contributed by atoms with E-state index in [4.69, 9.17) is 0 Å². The van der Waals surface area contributed by atoms with E-state index < -0.39 is 0 Å². The molecule has 4 heteroatoms. The van der Waals surface area contributed by atoms with Gasteiger partial charge in [-0.1, -0.05) is 6.07 Å². The zero-order valence-corrected chi connectivity index (χ0v) is 10.9. The summed E-state index contributed by atoms with van der Waals surface area (Å²) in [5, 5.41) is 1.13. The molecule has 2 aromatic rings. The highest BCUT2D eigenvalue weighted by Gasteiger charge is 2.22. The molecule has 0 aliphatic carbocycles. The summed E-state index contributed by atoms with van der Waals surface area (Å²) in [7, 11) is 1.97.